The van der Waals surface area contributed by atoms with Crippen LogP contribution in [0, 0.1) is 0 Å². The van der Waals surface area contributed by atoms with Crippen LogP contribution in [-0.2, 0) is 0 Å². The van der Waals surface area contributed by atoms with E-state index in [-0.39, 0.29) is 0 Å². The van der Waals surface area contributed by atoms with Gasteiger partial charge in [-0.2, -0.15) is 0 Å². The Hall–Kier alpha value is -1.36. The summed E-state index contributed by atoms with van der Waals surface area (Å²) in [6.07, 6.45) is 0. The molecule has 0 spiro atoms. The molecule has 6 heteroatoms. The number of benzene rings is 1. The Labute approximate surface area is 123 Å². The highest BCUT2D eigenvalue weighted by Gasteiger charge is 2.15. The molecule has 0 saturated carbocycles. The zero-order valence-electron chi connectivity index (χ0n) is 9.85. The fraction of sp³-hybridized carbons (Fsp3) is 0.0769. The summed E-state index contributed by atoms with van der Waals surface area (Å²) in [4.78, 5) is 0. The lowest BCUT2D eigenvalue weighted by Gasteiger charge is -2.08. The van der Waals surface area contributed by atoms with Crippen LogP contribution in [-0.4, -0.2) is 17.3 Å². The minimum atomic E-state index is 0.410. The third-order valence-corrected chi connectivity index (χ3v) is 4.19. The van der Waals surface area contributed by atoms with Gasteiger partial charge in [0.25, 0.3) is 0 Å². The summed E-state index contributed by atoms with van der Waals surface area (Å²) in [6, 6.07) is 7.36. The molecule has 1 aromatic carbocycles. The number of thiophene rings is 1. The molecule has 0 radical (unpaired) electrons. The molecular weight excluding hydrogens is 303 g/mol. The third-order valence-electron chi connectivity index (χ3n) is 2.76. The molecule has 96 valence electrons. The van der Waals surface area contributed by atoms with E-state index >= 15 is 0 Å². The third kappa shape index (κ3) is 2.16. The van der Waals surface area contributed by atoms with Crippen LogP contribution in [0.15, 0.2) is 29.6 Å². The number of fused-ring (bicyclic) bond motifs is 1. The first-order valence-electron chi connectivity index (χ1n) is 5.44. The molecule has 0 bridgehead atoms. The molecule has 0 amide bonds. The van der Waals surface area contributed by atoms with Crippen LogP contribution in [0.5, 0.6) is 5.75 Å². The number of rotatable bonds is 2. The Kier molecular flexibility index (Phi) is 3.31. The zero-order chi connectivity index (χ0) is 13.4. The van der Waals surface area contributed by atoms with Gasteiger partial charge in [0.1, 0.15) is 11.4 Å². The second kappa shape index (κ2) is 4.96. The summed E-state index contributed by atoms with van der Waals surface area (Å²) in [7, 11) is 1.60. The Balaban J connectivity index is 2.30. The van der Waals surface area contributed by atoms with E-state index < -0.39 is 0 Å². The van der Waals surface area contributed by atoms with Crippen molar-refractivity contribution in [3.05, 3.63) is 39.8 Å². The molecule has 2 heterocycles. The lowest BCUT2D eigenvalue weighted by atomic mass is 10.1. The van der Waals surface area contributed by atoms with Crippen LogP contribution in [0.2, 0.25) is 10.2 Å². The fourth-order valence-corrected chi connectivity index (χ4v) is 3.19. The second-order valence-corrected chi connectivity index (χ2v) is 5.56. The molecule has 19 heavy (non-hydrogen) atoms. The van der Waals surface area contributed by atoms with E-state index in [0.29, 0.717) is 15.9 Å². The van der Waals surface area contributed by atoms with Crippen LogP contribution < -0.4 is 4.74 Å². The summed E-state index contributed by atoms with van der Waals surface area (Å²) < 4.78 is 6.34. The molecule has 0 aliphatic carbocycles. The lowest BCUT2D eigenvalue weighted by molar-refractivity contribution is 0.416. The predicted molar refractivity (Wildman–Crippen MR) is 79.4 cm³/mol. The van der Waals surface area contributed by atoms with Gasteiger partial charge in [0.2, 0.25) is 0 Å². The van der Waals surface area contributed by atoms with E-state index in [9.17, 15) is 0 Å². The highest BCUT2D eigenvalue weighted by molar-refractivity contribution is 7.17. The average molecular weight is 311 g/mol. The van der Waals surface area contributed by atoms with Crippen molar-refractivity contribution < 1.29 is 4.74 Å². The molecule has 0 aliphatic heterocycles. The molecule has 0 N–H and O–H groups in total. The number of halogens is 2. The number of methoxy groups -OCH3 is 1. The predicted octanol–water partition coefficient (Wildman–Crippen LogP) is 4.67. The topological polar surface area (TPSA) is 35.0 Å². The molecular formula is C13H8Cl2N2OS. The second-order valence-electron chi connectivity index (χ2n) is 3.85. The van der Waals surface area contributed by atoms with Crippen molar-refractivity contribution >= 4 is 44.6 Å². The minimum Gasteiger partial charge on any atom is -0.496 e. The van der Waals surface area contributed by atoms with E-state index in [1.807, 2.05) is 17.5 Å². The molecule has 2 aromatic heterocycles. The van der Waals surface area contributed by atoms with Crippen molar-refractivity contribution in [1.82, 2.24) is 10.2 Å². The summed E-state index contributed by atoms with van der Waals surface area (Å²) in [6.45, 7) is 0. The Morgan fingerprint density at radius 3 is 2.79 bits per heavy atom. The summed E-state index contributed by atoms with van der Waals surface area (Å²) >= 11 is 13.6. The van der Waals surface area contributed by atoms with Crippen molar-refractivity contribution in [2.75, 3.05) is 7.11 Å². The largest absolute Gasteiger partial charge is 0.496 e. The number of aromatic nitrogens is 2. The first-order valence-corrected chi connectivity index (χ1v) is 7.07. The number of ether oxygens (including phenoxy) is 1. The van der Waals surface area contributed by atoms with E-state index in [4.69, 9.17) is 27.9 Å². The van der Waals surface area contributed by atoms with E-state index in [1.165, 1.54) is 0 Å². The average Bonchev–Trinajstić information content (AvgIpc) is 2.90. The van der Waals surface area contributed by atoms with Crippen molar-refractivity contribution in [1.29, 1.82) is 0 Å². The van der Waals surface area contributed by atoms with Gasteiger partial charge in [-0.25, -0.2) is 0 Å². The molecule has 0 saturated heterocycles. The highest BCUT2D eigenvalue weighted by Crippen LogP contribution is 2.38. The minimum absolute atomic E-state index is 0.410. The maximum Gasteiger partial charge on any atom is 0.160 e. The van der Waals surface area contributed by atoms with Gasteiger partial charge in [0.15, 0.2) is 5.15 Å². The molecule has 0 aliphatic rings. The van der Waals surface area contributed by atoms with Crippen LogP contribution >= 0.6 is 34.5 Å². The summed E-state index contributed by atoms with van der Waals surface area (Å²) in [5.74, 6) is 0.666. The summed E-state index contributed by atoms with van der Waals surface area (Å²) in [5.41, 5.74) is 1.60. The maximum absolute atomic E-state index is 6.04. The van der Waals surface area contributed by atoms with Gasteiger partial charge < -0.3 is 4.74 Å². The zero-order valence-corrected chi connectivity index (χ0v) is 12.2. The Morgan fingerprint density at radius 2 is 2.00 bits per heavy atom. The van der Waals surface area contributed by atoms with E-state index in [0.717, 1.165) is 21.3 Å². The number of hydrogen-bond acceptors (Lipinski definition) is 4. The van der Waals surface area contributed by atoms with Gasteiger partial charge in [0.05, 0.1) is 11.8 Å². The van der Waals surface area contributed by atoms with Crippen molar-refractivity contribution in [2.24, 2.45) is 0 Å². The highest BCUT2D eigenvalue weighted by atomic mass is 35.5. The van der Waals surface area contributed by atoms with Crippen LogP contribution in [0.4, 0.5) is 0 Å². The monoisotopic (exact) mass is 310 g/mol. The summed E-state index contributed by atoms with van der Waals surface area (Å²) in [5, 5.41) is 12.1. The van der Waals surface area contributed by atoms with Crippen LogP contribution in [0.25, 0.3) is 21.3 Å². The number of nitrogens with zero attached hydrogens (tertiary/aromatic N) is 2. The maximum atomic E-state index is 6.04. The normalized spacial score (nSPS) is 10.9. The van der Waals surface area contributed by atoms with E-state index in [2.05, 4.69) is 10.2 Å². The first kappa shape index (κ1) is 12.7. The van der Waals surface area contributed by atoms with Gasteiger partial charge >= 0.3 is 0 Å². The quantitative estimate of drug-likeness (QED) is 0.689. The standard InChI is InChI=1S/C13H8Cl2N2OS/c1-18-10-6-7(14)2-3-8(10)11-12-9(4-5-19-12)13(15)17-16-11/h2-6H,1H3. The van der Waals surface area contributed by atoms with Gasteiger partial charge in [-0.1, -0.05) is 23.2 Å². The van der Waals surface area contributed by atoms with Crippen LogP contribution in [0.1, 0.15) is 0 Å². The molecule has 0 unspecified atom stereocenters. The molecule has 3 nitrogen and oxygen atoms in total. The smallest absolute Gasteiger partial charge is 0.160 e. The van der Waals surface area contributed by atoms with Crippen LogP contribution in [0.3, 0.4) is 0 Å². The van der Waals surface area contributed by atoms with Crippen molar-refractivity contribution in [2.45, 2.75) is 0 Å². The first-order chi connectivity index (χ1) is 9.20. The molecule has 0 fully saturated rings. The van der Waals surface area contributed by atoms with Crippen molar-refractivity contribution in [3.8, 4) is 17.0 Å². The lowest BCUT2D eigenvalue weighted by Crippen LogP contribution is -1.93. The number of hydrogen-bond donors (Lipinski definition) is 0. The SMILES string of the molecule is COc1cc(Cl)ccc1-c1nnc(Cl)c2ccsc12. The van der Waals surface area contributed by atoms with Gasteiger partial charge in [-0.15, -0.1) is 21.5 Å². The van der Waals surface area contributed by atoms with E-state index in [1.54, 1.807) is 30.6 Å². The molecule has 0 atom stereocenters. The van der Waals surface area contributed by atoms with Gasteiger partial charge in [-0.05, 0) is 29.6 Å². The fourth-order valence-electron chi connectivity index (χ4n) is 1.89. The molecule has 3 aromatic rings. The molecule has 3 rings (SSSR count). The van der Waals surface area contributed by atoms with Crippen molar-refractivity contribution in [3.63, 3.8) is 0 Å². The Morgan fingerprint density at radius 1 is 1.16 bits per heavy atom. The van der Waals surface area contributed by atoms with Gasteiger partial charge in [0, 0.05) is 16.0 Å². The van der Waals surface area contributed by atoms with Gasteiger partial charge in [-0.3, -0.25) is 0 Å². The Bertz CT molecular complexity index is 757.